The Morgan fingerprint density at radius 2 is 1.85 bits per heavy atom. The molecule has 4 heteroatoms. The summed E-state index contributed by atoms with van der Waals surface area (Å²) < 4.78 is 11.1. The summed E-state index contributed by atoms with van der Waals surface area (Å²) in [4.78, 5) is 14.9. The maximum atomic E-state index is 12.6. The summed E-state index contributed by atoms with van der Waals surface area (Å²) in [7, 11) is 0. The quantitative estimate of drug-likeness (QED) is 0.617. The van der Waals surface area contributed by atoms with Gasteiger partial charge >= 0.3 is 0 Å². The molecule has 4 rings (SSSR count). The highest BCUT2D eigenvalue weighted by Crippen LogP contribution is 2.32. The van der Waals surface area contributed by atoms with E-state index in [0.717, 1.165) is 25.2 Å². The molecular formula is C22H23NO3. The molecule has 0 aliphatic carbocycles. The standard InChI is InChI=1S/C22H23NO3/c1-16(23-10-9-19(15-23)17-5-3-2-4-6-17)13-20(24)18-7-8-21-22(14-18)26-12-11-25-21/h2-8,13-14,19H,9-12,15H2,1H3/b16-13+. The Bertz CT molecular complexity index is 829. The van der Waals surface area contributed by atoms with Crippen molar-refractivity contribution in [1.29, 1.82) is 0 Å². The van der Waals surface area contributed by atoms with Gasteiger partial charge in [0.25, 0.3) is 0 Å². The molecule has 1 saturated heterocycles. The Labute approximate surface area is 154 Å². The molecule has 2 aliphatic heterocycles. The van der Waals surface area contributed by atoms with E-state index in [4.69, 9.17) is 9.47 Å². The fourth-order valence-electron chi connectivity index (χ4n) is 3.64. The van der Waals surface area contributed by atoms with Gasteiger partial charge in [-0.3, -0.25) is 4.79 Å². The fraction of sp³-hybridized carbons (Fsp3) is 0.318. The molecule has 26 heavy (non-hydrogen) atoms. The number of rotatable bonds is 4. The predicted octanol–water partition coefficient (Wildman–Crippen LogP) is 4.03. The van der Waals surface area contributed by atoms with Crippen molar-refractivity contribution in [2.45, 2.75) is 19.3 Å². The van der Waals surface area contributed by atoms with Gasteiger partial charge in [0, 0.05) is 36.3 Å². The van der Waals surface area contributed by atoms with E-state index in [-0.39, 0.29) is 5.78 Å². The van der Waals surface area contributed by atoms with Crippen LogP contribution in [0.1, 0.15) is 35.2 Å². The van der Waals surface area contributed by atoms with Crippen LogP contribution in [-0.2, 0) is 0 Å². The number of ether oxygens (including phenoxy) is 2. The molecule has 134 valence electrons. The number of hydrogen-bond donors (Lipinski definition) is 0. The number of likely N-dealkylation sites (tertiary alicyclic amines) is 1. The van der Waals surface area contributed by atoms with Crippen LogP contribution < -0.4 is 9.47 Å². The first-order chi connectivity index (χ1) is 12.7. The monoisotopic (exact) mass is 349 g/mol. The second kappa shape index (κ2) is 7.24. The van der Waals surface area contributed by atoms with E-state index in [2.05, 4.69) is 29.2 Å². The maximum Gasteiger partial charge on any atom is 0.187 e. The molecule has 1 atom stereocenters. The van der Waals surface area contributed by atoms with Gasteiger partial charge in [0.1, 0.15) is 13.2 Å². The topological polar surface area (TPSA) is 38.8 Å². The van der Waals surface area contributed by atoms with Crippen molar-refractivity contribution in [3.05, 3.63) is 71.4 Å². The first-order valence-electron chi connectivity index (χ1n) is 9.13. The molecule has 2 aromatic carbocycles. The average molecular weight is 349 g/mol. The molecule has 0 amide bonds. The zero-order chi connectivity index (χ0) is 17.9. The minimum absolute atomic E-state index is 0.00244. The third-order valence-corrected chi connectivity index (χ3v) is 5.12. The molecule has 2 heterocycles. The second-order valence-corrected chi connectivity index (χ2v) is 6.85. The van der Waals surface area contributed by atoms with Crippen LogP contribution in [0.2, 0.25) is 0 Å². The molecule has 0 saturated carbocycles. The minimum atomic E-state index is 0.00244. The molecule has 0 N–H and O–H groups in total. The van der Waals surface area contributed by atoms with E-state index in [9.17, 15) is 4.79 Å². The maximum absolute atomic E-state index is 12.6. The van der Waals surface area contributed by atoms with Gasteiger partial charge in [-0.05, 0) is 37.1 Å². The summed E-state index contributed by atoms with van der Waals surface area (Å²) in [5, 5.41) is 0. The summed E-state index contributed by atoms with van der Waals surface area (Å²) in [5.74, 6) is 1.89. The fourth-order valence-corrected chi connectivity index (χ4v) is 3.64. The molecule has 0 spiro atoms. The van der Waals surface area contributed by atoms with Crippen LogP contribution in [0.15, 0.2) is 60.3 Å². The number of ketones is 1. The molecule has 0 bridgehead atoms. The van der Waals surface area contributed by atoms with Crippen molar-refractivity contribution in [2.24, 2.45) is 0 Å². The lowest BCUT2D eigenvalue weighted by molar-refractivity contribution is 0.104. The Hall–Kier alpha value is -2.75. The van der Waals surface area contributed by atoms with Crippen LogP contribution in [0.5, 0.6) is 11.5 Å². The molecule has 0 aromatic heterocycles. The van der Waals surface area contributed by atoms with Crippen molar-refractivity contribution in [3.8, 4) is 11.5 Å². The van der Waals surface area contributed by atoms with Gasteiger partial charge in [0.15, 0.2) is 17.3 Å². The number of nitrogens with zero attached hydrogens (tertiary/aromatic N) is 1. The Morgan fingerprint density at radius 1 is 1.08 bits per heavy atom. The molecule has 1 fully saturated rings. The summed E-state index contributed by atoms with van der Waals surface area (Å²) in [6.07, 6.45) is 2.85. The average Bonchev–Trinajstić information content (AvgIpc) is 3.18. The van der Waals surface area contributed by atoms with E-state index in [1.807, 2.05) is 19.1 Å². The highest BCUT2D eigenvalue weighted by molar-refractivity contribution is 6.05. The van der Waals surface area contributed by atoms with E-state index >= 15 is 0 Å². The number of carbonyl (C=O) groups excluding carboxylic acids is 1. The first kappa shape index (κ1) is 16.7. The lowest BCUT2D eigenvalue weighted by Crippen LogP contribution is -2.19. The van der Waals surface area contributed by atoms with Crippen LogP contribution in [-0.4, -0.2) is 37.0 Å². The first-order valence-corrected chi connectivity index (χ1v) is 9.13. The smallest absolute Gasteiger partial charge is 0.187 e. The number of fused-ring (bicyclic) bond motifs is 1. The molecule has 2 aliphatic rings. The molecule has 1 unspecified atom stereocenters. The van der Waals surface area contributed by atoms with Gasteiger partial charge in [-0.1, -0.05) is 30.3 Å². The van der Waals surface area contributed by atoms with E-state index < -0.39 is 0 Å². The van der Waals surface area contributed by atoms with E-state index in [1.165, 1.54) is 5.56 Å². The normalized spacial score (nSPS) is 19.5. The minimum Gasteiger partial charge on any atom is -0.486 e. The van der Waals surface area contributed by atoms with Gasteiger partial charge in [0.05, 0.1) is 0 Å². The van der Waals surface area contributed by atoms with Gasteiger partial charge in [-0.2, -0.15) is 0 Å². The van der Waals surface area contributed by atoms with Crippen molar-refractivity contribution in [1.82, 2.24) is 4.90 Å². The van der Waals surface area contributed by atoms with Crippen molar-refractivity contribution < 1.29 is 14.3 Å². The number of carbonyl (C=O) groups is 1. The molecule has 4 nitrogen and oxygen atoms in total. The highest BCUT2D eigenvalue weighted by Gasteiger charge is 2.24. The SMILES string of the molecule is C/C(=C\C(=O)c1ccc2c(c1)OCCO2)N1CCC(c2ccccc2)C1. The third-order valence-electron chi connectivity index (χ3n) is 5.12. The van der Waals surface area contributed by atoms with Crippen LogP contribution in [0.25, 0.3) is 0 Å². The number of benzene rings is 2. The van der Waals surface area contributed by atoms with Crippen LogP contribution >= 0.6 is 0 Å². The van der Waals surface area contributed by atoms with Crippen molar-refractivity contribution >= 4 is 5.78 Å². The molecule has 0 radical (unpaired) electrons. The van der Waals surface area contributed by atoms with Crippen molar-refractivity contribution in [2.75, 3.05) is 26.3 Å². The summed E-state index contributed by atoms with van der Waals surface area (Å²) >= 11 is 0. The zero-order valence-corrected chi connectivity index (χ0v) is 15.0. The Morgan fingerprint density at radius 3 is 2.65 bits per heavy atom. The number of hydrogen-bond acceptors (Lipinski definition) is 4. The van der Waals surface area contributed by atoms with Crippen LogP contribution in [0.3, 0.4) is 0 Å². The molecule has 2 aromatic rings. The van der Waals surface area contributed by atoms with Crippen molar-refractivity contribution in [3.63, 3.8) is 0 Å². The van der Waals surface area contributed by atoms with Gasteiger partial charge < -0.3 is 14.4 Å². The van der Waals surface area contributed by atoms with Crippen LogP contribution in [0, 0.1) is 0 Å². The Balaban J connectivity index is 1.45. The lowest BCUT2D eigenvalue weighted by Gasteiger charge is -2.20. The van der Waals surface area contributed by atoms with Crippen LogP contribution in [0.4, 0.5) is 0 Å². The highest BCUT2D eigenvalue weighted by atomic mass is 16.6. The van der Waals surface area contributed by atoms with E-state index in [1.54, 1.807) is 18.2 Å². The van der Waals surface area contributed by atoms with Gasteiger partial charge in [-0.25, -0.2) is 0 Å². The van der Waals surface area contributed by atoms with E-state index in [0.29, 0.717) is 36.2 Å². The summed E-state index contributed by atoms with van der Waals surface area (Å²) in [6.45, 7) is 5.03. The predicted molar refractivity (Wildman–Crippen MR) is 101 cm³/mol. The zero-order valence-electron chi connectivity index (χ0n) is 15.0. The summed E-state index contributed by atoms with van der Waals surface area (Å²) in [6, 6.07) is 16.0. The number of allylic oxidation sites excluding steroid dienone is 2. The lowest BCUT2D eigenvalue weighted by atomic mass is 9.99. The largest absolute Gasteiger partial charge is 0.486 e. The molecular weight excluding hydrogens is 326 g/mol. The summed E-state index contributed by atoms with van der Waals surface area (Å²) in [5.41, 5.74) is 3.02. The van der Waals surface area contributed by atoms with Gasteiger partial charge in [-0.15, -0.1) is 0 Å². The Kier molecular flexibility index (Phi) is 4.65. The van der Waals surface area contributed by atoms with Gasteiger partial charge in [0.2, 0.25) is 0 Å². The second-order valence-electron chi connectivity index (χ2n) is 6.85. The third kappa shape index (κ3) is 3.45.